The Bertz CT molecular complexity index is 717. The number of hydrogen-bond donors (Lipinski definition) is 1. The first-order valence-corrected chi connectivity index (χ1v) is 7.94. The van der Waals surface area contributed by atoms with Crippen LogP contribution >= 0.6 is 0 Å². The van der Waals surface area contributed by atoms with Gasteiger partial charge in [-0.1, -0.05) is 38.1 Å². The smallest absolute Gasteiger partial charge is 0.344 e. The molecule has 0 aliphatic heterocycles. The molecule has 0 spiro atoms. The molecule has 6 nitrogen and oxygen atoms in total. The summed E-state index contributed by atoms with van der Waals surface area (Å²) < 4.78 is 10.2. The lowest BCUT2D eigenvalue weighted by Gasteiger charge is -2.08. The summed E-state index contributed by atoms with van der Waals surface area (Å²) in [5, 5.41) is 6.48. The van der Waals surface area contributed by atoms with Crippen LogP contribution in [0.4, 0.5) is 5.69 Å². The van der Waals surface area contributed by atoms with E-state index in [-0.39, 0.29) is 12.5 Å². The lowest BCUT2D eigenvalue weighted by atomic mass is 10.1. The molecule has 0 radical (unpaired) electrons. The molecule has 0 saturated heterocycles. The van der Waals surface area contributed by atoms with Gasteiger partial charge in [0.05, 0.1) is 5.69 Å². The molecule has 0 atom stereocenters. The van der Waals surface area contributed by atoms with Crippen molar-refractivity contribution >= 4 is 17.6 Å². The van der Waals surface area contributed by atoms with E-state index in [1.807, 2.05) is 38.1 Å². The van der Waals surface area contributed by atoms with Gasteiger partial charge in [0, 0.05) is 11.6 Å². The van der Waals surface area contributed by atoms with Crippen LogP contribution in [0.2, 0.25) is 0 Å². The van der Waals surface area contributed by atoms with Crippen molar-refractivity contribution in [3.05, 3.63) is 46.8 Å². The second-order valence-electron chi connectivity index (χ2n) is 5.84. The summed E-state index contributed by atoms with van der Waals surface area (Å²) in [5.74, 6) is -0.533. The minimum absolute atomic E-state index is 0.000318. The van der Waals surface area contributed by atoms with E-state index in [0.29, 0.717) is 22.7 Å². The Morgan fingerprint density at radius 3 is 2.50 bits per heavy atom. The number of aryl methyl sites for hydroxylation is 2. The summed E-state index contributed by atoms with van der Waals surface area (Å²) in [6.45, 7) is 7.15. The number of hydrogen-bond acceptors (Lipinski definition) is 5. The van der Waals surface area contributed by atoms with Gasteiger partial charge in [-0.15, -0.1) is 0 Å². The molecular weight excluding hydrogens is 308 g/mol. The number of benzene rings is 1. The average Bonchev–Trinajstić information content (AvgIpc) is 2.95. The third kappa shape index (κ3) is 4.22. The molecular formula is C18H22N2O4. The molecule has 24 heavy (non-hydrogen) atoms. The number of carbonyl (C=O) groups excluding carboxylic acids is 2. The topological polar surface area (TPSA) is 81.4 Å². The molecule has 1 aromatic carbocycles. The highest BCUT2D eigenvalue weighted by atomic mass is 16.5. The number of aromatic nitrogens is 1. The van der Waals surface area contributed by atoms with Gasteiger partial charge in [0.1, 0.15) is 5.56 Å². The number of esters is 1. The van der Waals surface area contributed by atoms with Gasteiger partial charge in [-0.05, 0) is 31.0 Å². The van der Waals surface area contributed by atoms with Crippen LogP contribution < -0.4 is 5.32 Å². The van der Waals surface area contributed by atoms with Crippen LogP contribution in [0.5, 0.6) is 0 Å². The molecule has 128 valence electrons. The highest BCUT2D eigenvalue weighted by molar-refractivity contribution is 5.96. The first-order valence-electron chi connectivity index (χ1n) is 7.94. The molecule has 1 N–H and O–H groups in total. The van der Waals surface area contributed by atoms with E-state index in [4.69, 9.17) is 9.26 Å². The van der Waals surface area contributed by atoms with E-state index in [1.54, 1.807) is 6.92 Å². The summed E-state index contributed by atoms with van der Waals surface area (Å²) in [6, 6.07) is 7.52. The van der Waals surface area contributed by atoms with E-state index in [9.17, 15) is 9.59 Å². The highest BCUT2D eigenvalue weighted by Gasteiger charge is 2.24. The number of anilines is 1. The Balaban J connectivity index is 1.93. The summed E-state index contributed by atoms with van der Waals surface area (Å²) >= 11 is 0. The zero-order valence-electron chi connectivity index (χ0n) is 14.4. The van der Waals surface area contributed by atoms with Crippen LogP contribution in [0.1, 0.15) is 54.1 Å². The number of amides is 1. The van der Waals surface area contributed by atoms with Crippen LogP contribution in [0.25, 0.3) is 0 Å². The lowest BCUT2D eigenvalue weighted by Crippen LogP contribution is -2.21. The molecule has 0 bridgehead atoms. The Morgan fingerprint density at radius 1 is 1.25 bits per heavy atom. The van der Waals surface area contributed by atoms with E-state index >= 15 is 0 Å². The van der Waals surface area contributed by atoms with Crippen molar-refractivity contribution in [2.45, 2.75) is 40.0 Å². The van der Waals surface area contributed by atoms with Crippen molar-refractivity contribution in [3.63, 3.8) is 0 Å². The maximum Gasteiger partial charge on any atom is 0.344 e. The van der Waals surface area contributed by atoms with E-state index < -0.39 is 11.9 Å². The van der Waals surface area contributed by atoms with Crippen molar-refractivity contribution in [2.75, 3.05) is 11.9 Å². The quantitative estimate of drug-likeness (QED) is 0.820. The predicted molar refractivity (Wildman–Crippen MR) is 90.1 cm³/mol. The first-order chi connectivity index (χ1) is 11.4. The fourth-order valence-corrected chi connectivity index (χ4v) is 2.25. The van der Waals surface area contributed by atoms with E-state index in [1.165, 1.54) is 5.56 Å². The first kappa shape index (κ1) is 17.7. The minimum atomic E-state index is -0.603. The lowest BCUT2D eigenvalue weighted by molar-refractivity contribution is -0.119. The second-order valence-corrected chi connectivity index (χ2v) is 5.84. The molecule has 0 aliphatic carbocycles. The largest absolute Gasteiger partial charge is 0.452 e. The Labute approximate surface area is 141 Å². The van der Waals surface area contributed by atoms with Crippen LogP contribution in [0.3, 0.4) is 0 Å². The van der Waals surface area contributed by atoms with E-state index in [2.05, 4.69) is 17.4 Å². The fourth-order valence-electron chi connectivity index (χ4n) is 2.25. The third-order valence-electron chi connectivity index (χ3n) is 3.60. The maximum absolute atomic E-state index is 12.2. The molecule has 0 saturated carbocycles. The second kappa shape index (κ2) is 7.77. The Morgan fingerprint density at radius 2 is 1.92 bits per heavy atom. The number of nitrogens with one attached hydrogen (secondary N) is 1. The zero-order chi connectivity index (χ0) is 17.7. The van der Waals surface area contributed by atoms with Gasteiger partial charge in [-0.3, -0.25) is 4.79 Å². The maximum atomic E-state index is 12.2. The monoisotopic (exact) mass is 330 g/mol. The average molecular weight is 330 g/mol. The van der Waals surface area contributed by atoms with Gasteiger partial charge in [-0.2, -0.15) is 0 Å². The van der Waals surface area contributed by atoms with Crippen LogP contribution in [-0.2, 0) is 16.0 Å². The summed E-state index contributed by atoms with van der Waals surface area (Å²) in [5.41, 5.74) is 2.60. The standard InChI is InChI=1S/C18H22N2O4/c1-5-13-6-8-14(9-7-13)19-15(21)10-23-18(22)16-12(4)20-24-17(16)11(2)3/h6-9,11H,5,10H2,1-4H3,(H,19,21). The third-order valence-corrected chi connectivity index (χ3v) is 3.60. The molecule has 2 rings (SSSR count). The Kier molecular flexibility index (Phi) is 5.73. The molecule has 0 fully saturated rings. The molecule has 1 heterocycles. The van der Waals surface area contributed by atoms with Gasteiger partial charge in [-0.25, -0.2) is 4.79 Å². The number of ether oxygens (including phenoxy) is 1. The molecule has 0 unspecified atom stereocenters. The van der Waals surface area contributed by atoms with Gasteiger partial charge >= 0.3 is 5.97 Å². The molecule has 0 aliphatic rings. The minimum Gasteiger partial charge on any atom is -0.452 e. The van der Waals surface area contributed by atoms with Gasteiger partial charge in [0.2, 0.25) is 0 Å². The van der Waals surface area contributed by atoms with Crippen molar-refractivity contribution < 1.29 is 18.8 Å². The van der Waals surface area contributed by atoms with Gasteiger partial charge in [0.25, 0.3) is 5.91 Å². The van der Waals surface area contributed by atoms with Gasteiger partial charge < -0.3 is 14.6 Å². The molecule has 6 heteroatoms. The van der Waals surface area contributed by atoms with Crippen LogP contribution in [0, 0.1) is 6.92 Å². The Hall–Kier alpha value is -2.63. The number of rotatable bonds is 6. The number of carbonyl (C=O) groups is 2. The zero-order valence-corrected chi connectivity index (χ0v) is 14.4. The number of nitrogens with zero attached hydrogens (tertiary/aromatic N) is 1. The van der Waals surface area contributed by atoms with Crippen molar-refractivity contribution in [3.8, 4) is 0 Å². The molecule has 2 aromatic rings. The van der Waals surface area contributed by atoms with Crippen LogP contribution in [-0.4, -0.2) is 23.6 Å². The molecule has 1 amide bonds. The van der Waals surface area contributed by atoms with Crippen molar-refractivity contribution in [1.29, 1.82) is 0 Å². The summed E-state index contributed by atoms with van der Waals surface area (Å²) in [4.78, 5) is 24.1. The summed E-state index contributed by atoms with van der Waals surface area (Å²) in [6.07, 6.45) is 0.933. The molecule has 1 aromatic heterocycles. The van der Waals surface area contributed by atoms with Gasteiger partial charge in [0.15, 0.2) is 12.4 Å². The fraction of sp³-hybridized carbons (Fsp3) is 0.389. The van der Waals surface area contributed by atoms with Crippen molar-refractivity contribution in [1.82, 2.24) is 5.16 Å². The highest BCUT2D eigenvalue weighted by Crippen LogP contribution is 2.22. The predicted octanol–water partition coefficient (Wildman–Crippen LogP) is 3.46. The van der Waals surface area contributed by atoms with Crippen molar-refractivity contribution in [2.24, 2.45) is 0 Å². The normalized spacial score (nSPS) is 10.7. The summed E-state index contributed by atoms with van der Waals surface area (Å²) in [7, 11) is 0. The SMILES string of the molecule is CCc1ccc(NC(=O)COC(=O)c2c(C)noc2C(C)C)cc1. The van der Waals surface area contributed by atoms with E-state index in [0.717, 1.165) is 6.42 Å². The van der Waals surface area contributed by atoms with Crippen LogP contribution in [0.15, 0.2) is 28.8 Å².